The van der Waals surface area contributed by atoms with Crippen molar-refractivity contribution in [1.29, 1.82) is 0 Å². The fourth-order valence-corrected chi connectivity index (χ4v) is 1.35. The third kappa shape index (κ3) is 3.67. The molecule has 0 aliphatic heterocycles. The first-order valence-corrected chi connectivity index (χ1v) is 6.01. The summed E-state index contributed by atoms with van der Waals surface area (Å²) in [6.07, 6.45) is 1.26. The third-order valence-corrected chi connectivity index (χ3v) is 3.55. The molecule has 2 unspecified atom stereocenters. The van der Waals surface area contributed by atoms with Gasteiger partial charge in [0.05, 0.1) is 0 Å². The number of hydrogen-bond acceptors (Lipinski definition) is 2. The summed E-state index contributed by atoms with van der Waals surface area (Å²) in [5.74, 6) is 1.71. The molecule has 16 heavy (non-hydrogen) atoms. The summed E-state index contributed by atoms with van der Waals surface area (Å²) in [5, 5.41) is 6.80. The van der Waals surface area contributed by atoms with Gasteiger partial charge in [0.25, 0.3) is 0 Å². The average Bonchev–Trinajstić information content (AvgIpc) is 2.88. The zero-order valence-electron chi connectivity index (χ0n) is 11.5. The first-order chi connectivity index (χ1) is 7.36. The van der Waals surface area contributed by atoms with E-state index < -0.39 is 0 Å². The highest BCUT2D eigenvalue weighted by molar-refractivity contribution is 5.80. The van der Waals surface area contributed by atoms with Gasteiger partial charge in [-0.05, 0) is 40.3 Å². The summed E-state index contributed by atoms with van der Waals surface area (Å²) in [4.78, 5) is 6.46. The molecule has 1 aliphatic carbocycles. The Labute approximate surface area is 99.5 Å². The van der Waals surface area contributed by atoms with Crippen LogP contribution in [-0.4, -0.2) is 50.1 Å². The van der Waals surface area contributed by atoms with Crippen molar-refractivity contribution in [2.24, 2.45) is 10.9 Å². The summed E-state index contributed by atoms with van der Waals surface area (Å²) >= 11 is 0. The molecule has 0 spiro atoms. The number of likely N-dealkylation sites (N-methyl/N-ethyl adjacent to an activating group) is 1. The number of nitrogens with zero attached hydrogens (tertiary/aromatic N) is 2. The standard InChI is InChI=1S/C12H26N4/c1-9-7-10(9)15-11(13-4)14-8-12(2,3)16(5)6/h9-10H,7-8H2,1-6H3,(H2,13,14,15). The SMILES string of the molecule is CN=C(NCC(C)(C)N(C)C)NC1CC1C. The fourth-order valence-electron chi connectivity index (χ4n) is 1.35. The molecular formula is C12H26N4. The van der Waals surface area contributed by atoms with Crippen LogP contribution in [0.1, 0.15) is 27.2 Å². The lowest BCUT2D eigenvalue weighted by Crippen LogP contribution is -2.51. The van der Waals surface area contributed by atoms with Gasteiger partial charge in [0, 0.05) is 25.2 Å². The zero-order chi connectivity index (χ0) is 12.3. The van der Waals surface area contributed by atoms with Gasteiger partial charge in [-0.25, -0.2) is 0 Å². The molecule has 1 saturated carbocycles. The summed E-state index contributed by atoms with van der Waals surface area (Å²) in [6.45, 7) is 7.58. The monoisotopic (exact) mass is 226 g/mol. The van der Waals surface area contributed by atoms with Crippen LogP contribution in [-0.2, 0) is 0 Å². The molecule has 94 valence electrons. The van der Waals surface area contributed by atoms with Crippen molar-refractivity contribution in [2.75, 3.05) is 27.7 Å². The van der Waals surface area contributed by atoms with Gasteiger partial charge in [0.1, 0.15) is 0 Å². The number of nitrogens with one attached hydrogen (secondary N) is 2. The molecule has 1 fully saturated rings. The van der Waals surface area contributed by atoms with E-state index in [1.165, 1.54) is 6.42 Å². The van der Waals surface area contributed by atoms with Crippen LogP contribution in [0.2, 0.25) is 0 Å². The van der Waals surface area contributed by atoms with Crippen molar-refractivity contribution in [3.63, 3.8) is 0 Å². The first kappa shape index (κ1) is 13.3. The van der Waals surface area contributed by atoms with E-state index in [2.05, 4.69) is 55.4 Å². The Morgan fingerprint density at radius 2 is 2.00 bits per heavy atom. The second-order valence-corrected chi connectivity index (χ2v) is 5.60. The number of aliphatic imine (C=N–C) groups is 1. The minimum Gasteiger partial charge on any atom is -0.355 e. The van der Waals surface area contributed by atoms with Crippen LogP contribution in [0.5, 0.6) is 0 Å². The van der Waals surface area contributed by atoms with Gasteiger partial charge < -0.3 is 15.5 Å². The van der Waals surface area contributed by atoms with Crippen LogP contribution in [0.15, 0.2) is 4.99 Å². The van der Waals surface area contributed by atoms with Crippen LogP contribution in [0.3, 0.4) is 0 Å². The quantitative estimate of drug-likeness (QED) is 0.553. The Kier molecular flexibility index (Phi) is 4.19. The molecule has 2 atom stereocenters. The lowest BCUT2D eigenvalue weighted by molar-refractivity contribution is 0.197. The highest BCUT2D eigenvalue weighted by Gasteiger charge is 2.33. The van der Waals surface area contributed by atoms with Crippen molar-refractivity contribution in [3.8, 4) is 0 Å². The molecule has 0 radical (unpaired) electrons. The highest BCUT2D eigenvalue weighted by Crippen LogP contribution is 2.28. The van der Waals surface area contributed by atoms with Gasteiger partial charge in [0.2, 0.25) is 0 Å². The fraction of sp³-hybridized carbons (Fsp3) is 0.917. The summed E-state index contributed by atoms with van der Waals surface area (Å²) in [5.41, 5.74) is 0.132. The second kappa shape index (κ2) is 5.04. The molecule has 2 N–H and O–H groups in total. The Morgan fingerprint density at radius 1 is 1.44 bits per heavy atom. The van der Waals surface area contributed by atoms with Crippen LogP contribution in [0, 0.1) is 5.92 Å². The zero-order valence-corrected chi connectivity index (χ0v) is 11.5. The number of guanidine groups is 1. The van der Waals surface area contributed by atoms with E-state index in [-0.39, 0.29) is 5.54 Å². The van der Waals surface area contributed by atoms with E-state index in [9.17, 15) is 0 Å². The van der Waals surface area contributed by atoms with Crippen LogP contribution in [0.25, 0.3) is 0 Å². The molecule has 0 saturated heterocycles. The largest absolute Gasteiger partial charge is 0.355 e. The minimum absolute atomic E-state index is 0.132. The Balaban J connectivity index is 2.34. The normalized spacial score (nSPS) is 25.8. The van der Waals surface area contributed by atoms with Gasteiger partial charge >= 0.3 is 0 Å². The third-order valence-electron chi connectivity index (χ3n) is 3.55. The highest BCUT2D eigenvalue weighted by atomic mass is 15.2. The molecule has 1 rings (SSSR count). The van der Waals surface area contributed by atoms with Gasteiger partial charge in [-0.3, -0.25) is 4.99 Å². The molecule has 4 heteroatoms. The molecule has 1 aliphatic rings. The minimum atomic E-state index is 0.132. The van der Waals surface area contributed by atoms with E-state index in [1.807, 2.05) is 7.05 Å². The molecule has 4 nitrogen and oxygen atoms in total. The van der Waals surface area contributed by atoms with E-state index in [0.717, 1.165) is 18.4 Å². The molecular weight excluding hydrogens is 200 g/mol. The van der Waals surface area contributed by atoms with Crippen LogP contribution >= 0.6 is 0 Å². The van der Waals surface area contributed by atoms with Gasteiger partial charge in [-0.2, -0.15) is 0 Å². The maximum absolute atomic E-state index is 4.24. The van der Waals surface area contributed by atoms with Crippen molar-refractivity contribution >= 4 is 5.96 Å². The van der Waals surface area contributed by atoms with E-state index in [4.69, 9.17) is 0 Å². The summed E-state index contributed by atoms with van der Waals surface area (Å²) in [7, 11) is 6.02. The van der Waals surface area contributed by atoms with Crippen LogP contribution in [0.4, 0.5) is 0 Å². The van der Waals surface area contributed by atoms with E-state index in [0.29, 0.717) is 6.04 Å². The lowest BCUT2D eigenvalue weighted by Gasteiger charge is -2.33. The summed E-state index contributed by atoms with van der Waals surface area (Å²) < 4.78 is 0. The average molecular weight is 226 g/mol. The topological polar surface area (TPSA) is 39.7 Å². The molecule has 0 aromatic rings. The Hall–Kier alpha value is -0.770. The molecule has 0 heterocycles. The predicted molar refractivity (Wildman–Crippen MR) is 69.8 cm³/mol. The molecule has 0 aromatic carbocycles. The number of rotatable bonds is 4. The van der Waals surface area contributed by atoms with Crippen molar-refractivity contribution in [3.05, 3.63) is 0 Å². The Morgan fingerprint density at radius 3 is 2.38 bits per heavy atom. The number of hydrogen-bond donors (Lipinski definition) is 2. The van der Waals surface area contributed by atoms with Gasteiger partial charge in [-0.15, -0.1) is 0 Å². The molecule has 0 bridgehead atoms. The van der Waals surface area contributed by atoms with Gasteiger partial charge in [-0.1, -0.05) is 6.92 Å². The van der Waals surface area contributed by atoms with Gasteiger partial charge in [0.15, 0.2) is 5.96 Å². The first-order valence-electron chi connectivity index (χ1n) is 6.01. The predicted octanol–water partition coefficient (Wildman–Crippen LogP) is 0.900. The molecule has 0 amide bonds. The van der Waals surface area contributed by atoms with Crippen molar-refractivity contribution in [2.45, 2.75) is 38.8 Å². The molecule has 0 aromatic heterocycles. The maximum atomic E-state index is 4.24. The summed E-state index contributed by atoms with van der Waals surface area (Å²) in [6, 6.07) is 0.619. The van der Waals surface area contributed by atoms with Crippen molar-refractivity contribution < 1.29 is 0 Å². The van der Waals surface area contributed by atoms with E-state index in [1.54, 1.807) is 0 Å². The Bertz CT molecular complexity index is 258. The second-order valence-electron chi connectivity index (χ2n) is 5.60. The smallest absolute Gasteiger partial charge is 0.191 e. The van der Waals surface area contributed by atoms with Crippen molar-refractivity contribution in [1.82, 2.24) is 15.5 Å². The van der Waals surface area contributed by atoms with E-state index >= 15 is 0 Å². The van der Waals surface area contributed by atoms with Crippen LogP contribution < -0.4 is 10.6 Å². The maximum Gasteiger partial charge on any atom is 0.191 e. The lowest BCUT2D eigenvalue weighted by atomic mass is 10.0.